The van der Waals surface area contributed by atoms with Crippen molar-refractivity contribution >= 4 is 46.4 Å². The van der Waals surface area contributed by atoms with Crippen molar-refractivity contribution in [2.75, 3.05) is 0 Å². The van der Waals surface area contributed by atoms with Crippen LogP contribution in [0.25, 0.3) is 79.8 Å². The third-order valence-corrected chi connectivity index (χ3v) is 12.7. The monoisotopic (exact) mass is 782 g/mol. The van der Waals surface area contributed by atoms with Gasteiger partial charge in [-0.05, 0) is 220 Å². The van der Waals surface area contributed by atoms with Crippen LogP contribution in [-0.2, 0) is 19.5 Å². The van der Waals surface area contributed by atoms with E-state index in [0.717, 1.165) is 67.1 Å². The van der Waals surface area contributed by atoms with Crippen LogP contribution in [0, 0.1) is 90.0 Å². The van der Waals surface area contributed by atoms with Crippen LogP contribution in [0.4, 0.5) is 0 Å². The van der Waals surface area contributed by atoms with Gasteiger partial charge in [0.1, 0.15) is 0 Å². The molecule has 3 aromatic heterocycles. The molecule has 0 amide bonds. The number of aryl methyl sites for hydroxylation is 7. The van der Waals surface area contributed by atoms with Crippen LogP contribution in [-0.4, -0.2) is 9.97 Å². The first-order valence-electron chi connectivity index (χ1n) is 19.4. The second-order valence-corrected chi connectivity index (χ2v) is 16.0. The van der Waals surface area contributed by atoms with Gasteiger partial charge in [0.2, 0.25) is 0 Å². The fourth-order valence-corrected chi connectivity index (χ4v) is 8.77. The average molecular weight is 784 g/mol. The molecule has 0 radical (unpaired) electrons. The van der Waals surface area contributed by atoms with Gasteiger partial charge >= 0.3 is 19.5 Å². The Morgan fingerprint density at radius 3 is 0.875 bits per heavy atom. The molecular formula is C51H50N4Zn. The normalized spacial score (nSPS) is 12.1. The molecule has 56 heavy (non-hydrogen) atoms. The molecule has 0 saturated carbocycles. The van der Waals surface area contributed by atoms with Crippen molar-refractivity contribution < 1.29 is 19.5 Å². The number of rotatable bonds is 3. The second kappa shape index (κ2) is 14.4. The van der Waals surface area contributed by atoms with E-state index in [1.54, 1.807) is 0 Å². The molecule has 276 valence electrons. The number of fused-ring (bicyclic) bond motifs is 8. The molecule has 4 nitrogen and oxygen atoms in total. The molecule has 5 heterocycles. The number of hydrogen-bond acceptors (Lipinski definition) is 2. The van der Waals surface area contributed by atoms with E-state index in [1.165, 1.54) is 83.5 Å². The Hall–Kier alpha value is -5.12. The summed E-state index contributed by atoms with van der Waals surface area (Å²) in [5.41, 5.74) is 30.1. The van der Waals surface area contributed by atoms with Gasteiger partial charge in [0.25, 0.3) is 0 Å². The Morgan fingerprint density at radius 1 is 0.304 bits per heavy atom. The van der Waals surface area contributed by atoms with Gasteiger partial charge in [0.05, 0.1) is 22.8 Å². The van der Waals surface area contributed by atoms with E-state index in [1.807, 2.05) is 0 Å². The summed E-state index contributed by atoms with van der Waals surface area (Å²) < 4.78 is 0. The number of hydrogen-bond donors (Lipinski definition) is 0. The Balaban J connectivity index is 0.00000480. The van der Waals surface area contributed by atoms with Crippen LogP contribution in [0.3, 0.4) is 0 Å². The first-order valence-corrected chi connectivity index (χ1v) is 19.4. The summed E-state index contributed by atoms with van der Waals surface area (Å²) >= 11 is 0. The largest absolute Gasteiger partial charge is 2.00 e. The van der Waals surface area contributed by atoms with Crippen LogP contribution in [0.15, 0.2) is 42.5 Å². The molecule has 0 aliphatic carbocycles. The standard InChI is InChI=1S/C51H50N4.Zn/c1-25-22-26(2)32(8)46(31(25)7)49-40-16-14-38(52-40)37(13)39-15-17-41(53-39)50(47-33(9)27(3)23-28(4)34(47)10)43-19-21-45(55-43)51(44-20-18-42(49)54-44)48-35(11)29(5)24-30(6)36(48)12;/h14-24H,1-13H3;/q-2;+2. The fourth-order valence-electron chi connectivity index (χ4n) is 8.77. The molecule has 3 aromatic carbocycles. The van der Waals surface area contributed by atoms with Gasteiger partial charge in [0.15, 0.2) is 0 Å². The van der Waals surface area contributed by atoms with E-state index in [4.69, 9.17) is 19.9 Å². The topological polar surface area (TPSA) is 54.0 Å². The van der Waals surface area contributed by atoms with E-state index in [2.05, 4.69) is 157 Å². The van der Waals surface area contributed by atoms with E-state index in [0.29, 0.717) is 0 Å². The fraction of sp³-hybridized carbons (Fsp3) is 0.255. The maximum Gasteiger partial charge on any atom is 2.00 e. The van der Waals surface area contributed by atoms with E-state index in [-0.39, 0.29) is 19.5 Å². The summed E-state index contributed by atoms with van der Waals surface area (Å²) in [4.78, 5) is 21.9. The minimum Gasteiger partial charge on any atom is -0.657 e. The predicted octanol–water partition coefficient (Wildman–Crippen LogP) is 12.9. The van der Waals surface area contributed by atoms with E-state index in [9.17, 15) is 0 Å². The van der Waals surface area contributed by atoms with Crippen molar-refractivity contribution in [3.63, 3.8) is 0 Å². The van der Waals surface area contributed by atoms with Gasteiger partial charge in [-0.1, -0.05) is 42.5 Å². The van der Waals surface area contributed by atoms with Crippen molar-refractivity contribution in [2.45, 2.75) is 90.0 Å². The minimum absolute atomic E-state index is 0. The van der Waals surface area contributed by atoms with Crippen molar-refractivity contribution in [2.24, 2.45) is 0 Å². The van der Waals surface area contributed by atoms with Gasteiger partial charge in [-0.3, -0.25) is 0 Å². The maximum atomic E-state index is 5.58. The van der Waals surface area contributed by atoms with Crippen LogP contribution in [0.1, 0.15) is 95.1 Å². The number of aromatic nitrogens is 4. The molecule has 2 aliphatic heterocycles. The van der Waals surface area contributed by atoms with Gasteiger partial charge in [-0.25, -0.2) is 9.97 Å². The molecule has 0 spiro atoms. The van der Waals surface area contributed by atoms with Crippen LogP contribution >= 0.6 is 0 Å². The quantitative estimate of drug-likeness (QED) is 0.167. The molecule has 8 bridgehead atoms. The first-order chi connectivity index (χ1) is 26.2. The average Bonchev–Trinajstić information content (AvgIpc) is 3.99. The summed E-state index contributed by atoms with van der Waals surface area (Å²) in [7, 11) is 0. The molecule has 0 unspecified atom stereocenters. The van der Waals surface area contributed by atoms with Crippen LogP contribution in [0.5, 0.6) is 0 Å². The van der Waals surface area contributed by atoms with Crippen molar-refractivity contribution in [3.05, 3.63) is 138 Å². The molecular weight excluding hydrogens is 734 g/mol. The third kappa shape index (κ3) is 6.16. The Labute approximate surface area is 345 Å². The van der Waals surface area contributed by atoms with Crippen LogP contribution in [0.2, 0.25) is 0 Å². The predicted molar refractivity (Wildman–Crippen MR) is 235 cm³/mol. The zero-order chi connectivity index (χ0) is 39.2. The molecule has 6 aromatic rings. The van der Waals surface area contributed by atoms with Gasteiger partial charge in [-0.15, -0.1) is 22.1 Å². The maximum absolute atomic E-state index is 5.58. The molecule has 0 N–H and O–H groups in total. The van der Waals surface area contributed by atoms with Crippen LogP contribution < -0.4 is 9.97 Å². The van der Waals surface area contributed by atoms with E-state index >= 15 is 0 Å². The third-order valence-electron chi connectivity index (χ3n) is 12.7. The zero-order valence-electron chi connectivity index (χ0n) is 35.3. The summed E-state index contributed by atoms with van der Waals surface area (Å²) in [6, 6.07) is 15.6. The van der Waals surface area contributed by atoms with Crippen molar-refractivity contribution in [1.29, 1.82) is 0 Å². The summed E-state index contributed by atoms with van der Waals surface area (Å²) in [6.07, 6.45) is 8.68. The molecule has 2 aliphatic rings. The molecule has 0 saturated heterocycles. The SMILES string of the molecule is Cc1cc(C)c(C)c(-c2c3nc(c(-c4c(C)c(C)cc(C)c4C)c4ccc([n-]4)c(-c4c(C)c(C)cc(C)c4C)c4nc(c(C)c5ccc2[n-]5)C=C4)C=C3)c1C.[Zn+2]. The Kier molecular flexibility index (Phi) is 10.1. The van der Waals surface area contributed by atoms with Gasteiger partial charge in [0, 0.05) is 0 Å². The Morgan fingerprint density at radius 2 is 0.554 bits per heavy atom. The zero-order valence-corrected chi connectivity index (χ0v) is 38.3. The van der Waals surface area contributed by atoms with Gasteiger partial charge < -0.3 is 9.97 Å². The molecule has 5 heteroatoms. The molecule has 0 fully saturated rings. The minimum atomic E-state index is 0. The number of benzene rings is 3. The summed E-state index contributed by atoms with van der Waals surface area (Å²) in [5, 5.41) is 0. The first kappa shape index (κ1) is 39.1. The molecule has 0 atom stereocenters. The Bertz CT molecular complexity index is 2750. The van der Waals surface area contributed by atoms with E-state index < -0.39 is 0 Å². The van der Waals surface area contributed by atoms with Crippen molar-refractivity contribution in [1.82, 2.24) is 19.9 Å². The smallest absolute Gasteiger partial charge is 0.657 e. The number of nitrogens with zero attached hydrogens (tertiary/aromatic N) is 4. The van der Waals surface area contributed by atoms with Crippen molar-refractivity contribution in [3.8, 4) is 33.4 Å². The summed E-state index contributed by atoms with van der Waals surface area (Å²) in [5.74, 6) is 0. The van der Waals surface area contributed by atoms with Gasteiger partial charge in [-0.2, -0.15) is 0 Å². The summed E-state index contributed by atoms with van der Waals surface area (Å²) in [6.45, 7) is 28.7. The second-order valence-electron chi connectivity index (χ2n) is 16.0. The molecule has 8 rings (SSSR count).